The van der Waals surface area contributed by atoms with E-state index in [4.69, 9.17) is 0 Å². The summed E-state index contributed by atoms with van der Waals surface area (Å²) in [5.74, 6) is 0.289. The number of rotatable bonds is 7. The summed E-state index contributed by atoms with van der Waals surface area (Å²) < 4.78 is 0. The molecule has 6 nitrogen and oxygen atoms in total. The molecular formula is C31H24N4O2. The van der Waals surface area contributed by atoms with Gasteiger partial charge in [-0.05, 0) is 65.7 Å². The zero-order valence-electron chi connectivity index (χ0n) is 19.9. The Kier molecular flexibility index (Phi) is 6.99. The quantitative estimate of drug-likeness (QED) is 0.229. The van der Waals surface area contributed by atoms with Crippen molar-refractivity contribution in [3.05, 3.63) is 126 Å². The summed E-state index contributed by atoms with van der Waals surface area (Å²) >= 11 is 0. The van der Waals surface area contributed by atoms with Crippen molar-refractivity contribution >= 4 is 46.4 Å². The maximum absolute atomic E-state index is 12.3. The van der Waals surface area contributed by atoms with Crippen LogP contribution in [0, 0.1) is 0 Å². The molecule has 6 heteroatoms. The number of benzene rings is 4. The molecule has 1 heterocycles. The summed E-state index contributed by atoms with van der Waals surface area (Å²) in [6, 6.07) is 32.3. The van der Waals surface area contributed by atoms with Gasteiger partial charge < -0.3 is 15.6 Å². The molecule has 0 aliphatic carbocycles. The largest absolute Gasteiger partial charge is 0.338 e. The Balaban J connectivity index is 1.23. The molecular weight excluding hydrogens is 460 g/mol. The molecule has 0 fully saturated rings. The van der Waals surface area contributed by atoms with Gasteiger partial charge in [-0.3, -0.25) is 9.59 Å². The smallest absolute Gasteiger partial charge is 0.248 e. The lowest BCUT2D eigenvalue weighted by molar-refractivity contribution is -0.112. The Morgan fingerprint density at radius 2 is 1.19 bits per heavy atom. The third-order valence-corrected chi connectivity index (χ3v) is 5.63. The molecule has 3 N–H and O–H groups in total. The van der Waals surface area contributed by atoms with Gasteiger partial charge in [0, 0.05) is 29.1 Å². The molecule has 1 aromatic heterocycles. The fraction of sp³-hybridized carbons (Fsp3) is 0. The molecule has 0 unspecified atom stereocenters. The van der Waals surface area contributed by atoms with Crippen molar-refractivity contribution in [1.29, 1.82) is 0 Å². The highest BCUT2D eigenvalue weighted by Crippen LogP contribution is 2.24. The van der Waals surface area contributed by atoms with Crippen LogP contribution in [0.1, 0.15) is 11.1 Å². The molecule has 4 aromatic carbocycles. The van der Waals surface area contributed by atoms with Gasteiger partial charge in [0.1, 0.15) is 5.82 Å². The van der Waals surface area contributed by atoms with E-state index in [0.29, 0.717) is 17.2 Å². The SMILES string of the molecule is O=C(/C=C\c1ccccc1)Nc1ccc(-c2nc3ccc(NC(=O)/C=C/c4ccccc4)cc3[nH]2)cc1. The van der Waals surface area contributed by atoms with E-state index in [0.717, 1.165) is 27.7 Å². The maximum atomic E-state index is 12.3. The van der Waals surface area contributed by atoms with Crippen molar-refractivity contribution in [3.8, 4) is 11.4 Å². The first-order valence-corrected chi connectivity index (χ1v) is 11.8. The van der Waals surface area contributed by atoms with E-state index in [1.807, 2.05) is 103 Å². The van der Waals surface area contributed by atoms with Crippen LogP contribution in [0.2, 0.25) is 0 Å². The van der Waals surface area contributed by atoms with E-state index >= 15 is 0 Å². The zero-order chi connectivity index (χ0) is 25.5. The summed E-state index contributed by atoms with van der Waals surface area (Å²) in [6.07, 6.45) is 6.56. The van der Waals surface area contributed by atoms with E-state index < -0.39 is 0 Å². The average Bonchev–Trinajstić information content (AvgIpc) is 3.36. The topological polar surface area (TPSA) is 86.9 Å². The van der Waals surface area contributed by atoms with Crippen LogP contribution in [0.5, 0.6) is 0 Å². The molecule has 37 heavy (non-hydrogen) atoms. The summed E-state index contributed by atoms with van der Waals surface area (Å²) in [5, 5.41) is 5.74. The number of H-pyrrole nitrogens is 1. The van der Waals surface area contributed by atoms with Gasteiger partial charge in [0.2, 0.25) is 11.8 Å². The van der Waals surface area contributed by atoms with Crippen molar-refractivity contribution in [2.75, 3.05) is 10.6 Å². The Morgan fingerprint density at radius 3 is 1.78 bits per heavy atom. The predicted octanol–water partition coefficient (Wildman–Crippen LogP) is 6.53. The average molecular weight is 485 g/mol. The van der Waals surface area contributed by atoms with Gasteiger partial charge in [-0.15, -0.1) is 0 Å². The van der Waals surface area contributed by atoms with Gasteiger partial charge in [0.05, 0.1) is 11.0 Å². The maximum Gasteiger partial charge on any atom is 0.248 e. The Labute approximate surface area is 214 Å². The molecule has 0 radical (unpaired) electrons. The number of imidazole rings is 1. The Morgan fingerprint density at radius 1 is 0.649 bits per heavy atom. The number of aromatic amines is 1. The highest BCUT2D eigenvalue weighted by molar-refractivity contribution is 6.03. The van der Waals surface area contributed by atoms with Crippen LogP contribution in [0.25, 0.3) is 34.6 Å². The number of anilines is 2. The fourth-order valence-electron chi connectivity index (χ4n) is 3.78. The van der Waals surface area contributed by atoms with Gasteiger partial charge in [-0.25, -0.2) is 4.98 Å². The molecule has 0 saturated heterocycles. The van der Waals surface area contributed by atoms with Crippen LogP contribution >= 0.6 is 0 Å². The molecule has 0 aliphatic heterocycles. The van der Waals surface area contributed by atoms with Crippen LogP contribution in [0.15, 0.2) is 115 Å². The second kappa shape index (κ2) is 11.0. The molecule has 0 bridgehead atoms. The first-order chi connectivity index (χ1) is 18.1. The standard InChI is InChI=1S/C31H24N4O2/c36-29(19-11-22-7-3-1-4-8-22)32-25-15-13-24(14-16-25)31-34-27-18-17-26(21-28(27)35-31)33-30(37)20-12-23-9-5-2-6-10-23/h1-21H,(H,32,36)(H,33,37)(H,34,35)/b19-11-,20-12+. The predicted molar refractivity (Wildman–Crippen MR) is 150 cm³/mol. The number of hydrogen-bond donors (Lipinski definition) is 3. The lowest BCUT2D eigenvalue weighted by atomic mass is 10.2. The van der Waals surface area contributed by atoms with Gasteiger partial charge in [0.15, 0.2) is 0 Å². The normalized spacial score (nSPS) is 11.2. The van der Waals surface area contributed by atoms with Crippen molar-refractivity contribution in [3.63, 3.8) is 0 Å². The third-order valence-electron chi connectivity index (χ3n) is 5.63. The molecule has 0 spiro atoms. The van der Waals surface area contributed by atoms with E-state index in [1.165, 1.54) is 12.2 Å². The number of fused-ring (bicyclic) bond motifs is 1. The number of amides is 2. The number of carbonyl (C=O) groups is 2. The van der Waals surface area contributed by atoms with Gasteiger partial charge in [0.25, 0.3) is 0 Å². The van der Waals surface area contributed by atoms with Crippen LogP contribution in [-0.2, 0) is 9.59 Å². The monoisotopic (exact) mass is 484 g/mol. The van der Waals surface area contributed by atoms with Crippen LogP contribution in [-0.4, -0.2) is 21.8 Å². The van der Waals surface area contributed by atoms with Crippen molar-refractivity contribution in [1.82, 2.24) is 9.97 Å². The summed E-state index contributed by atoms with van der Waals surface area (Å²) in [6.45, 7) is 0. The summed E-state index contributed by atoms with van der Waals surface area (Å²) in [5.41, 5.74) is 5.76. The van der Waals surface area contributed by atoms with Gasteiger partial charge in [-0.2, -0.15) is 0 Å². The van der Waals surface area contributed by atoms with Gasteiger partial charge >= 0.3 is 0 Å². The first-order valence-electron chi connectivity index (χ1n) is 11.8. The fourth-order valence-corrected chi connectivity index (χ4v) is 3.78. The summed E-state index contributed by atoms with van der Waals surface area (Å²) in [7, 11) is 0. The molecule has 5 aromatic rings. The number of aromatic nitrogens is 2. The van der Waals surface area contributed by atoms with Crippen molar-refractivity contribution in [2.45, 2.75) is 0 Å². The lowest BCUT2D eigenvalue weighted by Crippen LogP contribution is -2.07. The second-order valence-electron chi connectivity index (χ2n) is 8.36. The first kappa shape index (κ1) is 23.5. The Hall–Kier alpha value is -5.23. The summed E-state index contributed by atoms with van der Waals surface area (Å²) in [4.78, 5) is 32.5. The zero-order valence-corrected chi connectivity index (χ0v) is 19.9. The number of hydrogen-bond acceptors (Lipinski definition) is 3. The molecule has 2 amide bonds. The Bertz CT molecular complexity index is 1590. The van der Waals surface area contributed by atoms with Gasteiger partial charge in [-0.1, -0.05) is 60.7 Å². The minimum absolute atomic E-state index is 0.200. The second-order valence-corrected chi connectivity index (χ2v) is 8.36. The number of nitrogens with zero attached hydrogens (tertiary/aromatic N) is 1. The van der Waals surface area contributed by atoms with Crippen LogP contribution < -0.4 is 10.6 Å². The molecule has 180 valence electrons. The third kappa shape index (κ3) is 6.26. The van der Waals surface area contributed by atoms with E-state index in [9.17, 15) is 9.59 Å². The van der Waals surface area contributed by atoms with Crippen LogP contribution in [0.3, 0.4) is 0 Å². The minimum atomic E-state index is -0.209. The van der Waals surface area contributed by atoms with Crippen LogP contribution in [0.4, 0.5) is 11.4 Å². The highest BCUT2D eigenvalue weighted by atomic mass is 16.2. The van der Waals surface area contributed by atoms with E-state index in [-0.39, 0.29) is 11.8 Å². The molecule has 5 rings (SSSR count). The van der Waals surface area contributed by atoms with E-state index in [2.05, 4.69) is 20.6 Å². The number of carbonyl (C=O) groups excluding carboxylic acids is 2. The molecule has 0 aliphatic rings. The van der Waals surface area contributed by atoms with Crippen molar-refractivity contribution in [2.24, 2.45) is 0 Å². The number of nitrogens with one attached hydrogen (secondary N) is 3. The lowest BCUT2D eigenvalue weighted by Gasteiger charge is -2.03. The van der Waals surface area contributed by atoms with Crippen molar-refractivity contribution < 1.29 is 9.59 Å². The van der Waals surface area contributed by atoms with E-state index in [1.54, 1.807) is 12.2 Å². The minimum Gasteiger partial charge on any atom is -0.338 e. The molecule has 0 saturated carbocycles. The molecule has 0 atom stereocenters. The highest BCUT2D eigenvalue weighted by Gasteiger charge is 2.08.